The summed E-state index contributed by atoms with van der Waals surface area (Å²) < 4.78 is 0. The Hall–Kier alpha value is -0.0800. The predicted octanol–water partition coefficient (Wildman–Crippen LogP) is 4.68. The highest BCUT2D eigenvalue weighted by Crippen LogP contribution is 2.36. The molecule has 0 saturated heterocycles. The fourth-order valence-corrected chi connectivity index (χ4v) is 2.83. The van der Waals surface area contributed by atoms with Crippen LogP contribution in [-0.2, 0) is 0 Å². The normalized spacial score (nSPS) is 18.0. The van der Waals surface area contributed by atoms with Crippen LogP contribution < -0.4 is 0 Å². The van der Waals surface area contributed by atoms with Crippen LogP contribution in [0.5, 0.6) is 0 Å². The second kappa shape index (κ2) is 10.7. The molecule has 0 spiro atoms. The summed E-state index contributed by atoms with van der Waals surface area (Å²) in [4.78, 5) is 0. The highest BCUT2D eigenvalue weighted by Gasteiger charge is 2.23. The lowest BCUT2D eigenvalue weighted by molar-refractivity contribution is 0.150. The molecule has 2 N–H and O–H groups in total. The van der Waals surface area contributed by atoms with E-state index in [1.165, 1.54) is 38.5 Å². The van der Waals surface area contributed by atoms with Crippen molar-refractivity contribution < 1.29 is 10.2 Å². The molecule has 0 amide bonds. The zero-order valence-corrected chi connectivity index (χ0v) is 13.6. The van der Waals surface area contributed by atoms with Crippen molar-refractivity contribution in [1.82, 2.24) is 0 Å². The molecule has 0 radical (unpaired) electrons. The van der Waals surface area contributed by atoms with Gasteiger partial charge in [-0.1, -0.05) is 46.0 Å². The third-order valence-electron chi connectivity index (χ3n) is 4.19. The van der Waals surface area contributed by atoms with Crippen molar-refractivity contribution in [3.8, 4) is 0 Å². The van der Waals surface area contributed by atoms with Gasteiger partial charge in [-0.2, -0.15) is 0 Å². The summed E-state index contributed by atoms with van der Waals surface area (Å²) in [6.07, 6.45) is 11.4. The molecule has 0 fully saturated rings. The van der Waals surface area contributed by atoms with E-state index in [4.69, 9.17) is 0 Å². The van der Waals surface area contributed by atoms with E-state index < -0.39 is 0 Å². The van der Waals surface area contributed by atoms with Crippen molar-refractivity contribution in [2.45, 2.75) is 104 Å². The molecule has 0 aromatic carbocycles. The Morgan fingerprint density at radius 1 is 0.789 bits per heavy atom. The Balaban J connectivity index is 4.10. The van der Waals surface area contributed by atoms with Crippen molar-refractivity contribution in [2.75, 3.05) is 0 Å². The molecule has 2 nitrogen and oxygen atoms in total. The van der Waals surface area contributed by atoms with Crippen LogP contribution in [0, 0.1) is 5.41 Å². The maximum absolute atomic E-state index is 9.38. The first kappa shape index (κ1) is 18.9. The number of unbranched alkanes of at least 4 members (excludes halogenated alkanes) is 2. The summed E-state index contributed by atoms with van der Waals surface area (Å²) in [5, 5.41) is 18.8. The minimum absolute atomic E-state index is 0.169. The van der Waals surface area contributed by atoms with Crippen LogP contribution in [0.3, 0.4) is 0 Å². The molecule has 0 aliphatic heterocycles. The third-order valence-corrected chi connectivity index (χ3v) is 4.19. The van der Waals surface area contributed by atoms with Gasteiger partial charge in [-0.15, -0.1) is 0 Å². The van der Waals surface area contributed by atoms with Crippen LogP contribution in [-0.4, -0.2) is 22.4 Å². The van der Waals surface area contributed by atoms with Gasteiger partial charge in [0.15, 0.2) is 0 Å². The summed E-state index contributed by atoms with van der Waals surface area (Å²) >= 11 is 0. The van der Waals surface area contributed by atoms with Gasteiger partial charge in [0.1, 0.15) is 0 Å². The first-order chi connectivity index (χ1) is 8.89. The molecule has 0 bridgehead atoms. The number of rotatable bonds is 12. The van der Waals surface area contributed by atoms with Gasteiger partial charge >= 0.3 is 0 Å². The average Bonchev–Trinajstić information content (AvgIpc) is 2.28. The lowest BCUT2D eigenvalue weighted by Crippen LogP contribution is -2.18. The predicted molar refractivity (Wildman–Crippen MR) is 83.3 cm³/mol. The summed E-state index contributed by atoms with van der Waals surface area (Å²) in [5.41, 5.74) is 0.402. The fourth-order valence-electron chi connectivity index (χ4n) is 2.83. The third kappa shape index (κ3) is 11.4. The molecule has 0 aliphatic carbocycles. The Morgan fingerprint density at radius 2 is 1.21 bits per heavy atom. The number of hydrogen-bond donors (Lipinski definition) is 2. The van der Waals surface area contributed by atoms with E-state index in [2.05, 4.69) is 13.8 Å². The van der Waals surface area contributed by atoms with Gasteiger partial charge in [0, 0.05) is 0 Å². The van der Waals surface area contributed by atoms with E-state index in [1.54, 1.807) is 0 Å². The zero-order chi connectivity index (χ0) is 14.7. The molecule has 0 aromatic heterocycles. The SMILES string of the molecule is CCCCCC(C)(CCCC(C)O)CCCC(C)O. The van der Waals surface area contributed by atoms with Crippen molar-refractivity contribution in [1.29, 1.82) is 0 Å². The zero-order valence-electron chi connectivity index (χ0n) is 13.6. The topological polar surface area (TPSA) is 40.5 Å². The standard InChI is InChI=1S/C17H36O2/c1-5-6-7-12-17(4,13-8-10-15(2)18)14-9-11-16(3)19/h15-16,18-19H,5-14H2,1-4H3. The monoisotopic (exact) mass is 272 g/mol. The fraction of sp³-hybridized carbons (Fsp3) is 1.00. The summed E-state index contributed by atoms with van der Waals surface area (Å²) in [5.74, 6) is 0. The number of hydrogen-bond acceptors (Lipinski definition) is 2. The van der Waals surface area contributed by atoms with E-state index in [0.717, 1.165) is 25.7 Å². The van der Waals surface area contributed by atoms with Crippen LogP contribution in [0.25, 0.3) is 0 Å². The van der Waals surface area contributed by atoms with Crippen molar-refractivity contribution in [3.63, 3.8) is 0 Å². The molecule has 0 rings (SSSR count). The Morgan fingerprint density at radius 3 is 1.58 bits per heavy atom. The van der Waals surface area contributed by atoms with Crippen LogP contribution in [0.15, 0.2) is 0 Å². The van der Waals surface area contributed by atoms with Crippen molar-refractivity contribution in [3.05, 3.63) is 0 Å². The van der Waals surface area contributed by atoms with Gasteiger partial charge in [-0.25, -0.2) is 0 Å². The second-order valence-corrected chi connectivity index (χ2v) is 6.75. The molecule has 2 unspecified atom stereocenters. The van der Waals surface area contributed by atoms with Crippen molar-refractivity contribution >= 4 is 0 Å². The van der Waals surface area contributed by atoms with Gasteiger partial charge < -0.3 is 10.2 Å². The van der Waals surface area contributed by atoms with Crippen molar-refractivity contribution in [2.24, 2.45) is 5.41 Å². The molecule has 2 heteroatoms. The minimum Gasteiger partial charge on any atom is -0.393 e. The molecule has 0 aliphatic rings. The minimum atomic E-state index is -0.169. The highest BCUT2D eigenvalue weighted by atomic mass is 16.3. The average molecular weight is 272 g/mol. The lowest BCUT2D eigenvalue weighted by Gasteiger charge is -2.30. The number of aliphatic hydroxyl groups is 2. The maximum Gasteiger partial charge on any atom is 0.0512 e. The molecule has 0 aromatic rings. The second-order valence-electron chi connectivity index (χ2n) is 6.75. The van der Waals surface area contributed by atoms with E-state index in [0.29, 0.717) is 5.41 Å². The van der Waals surface area contributed by atoms with Gasteiger partial charge in [0.2, 0.25) is 0 Å². The molecule has 0 heterocycles. The van der Waals surface area contributed by atoms with Crippen LogP contribution in [0.4, 0.5) is 0 Å². The Labute approximate surface area is 120 Å². The van der Waals surface area contributed by atoms with Crippen LogP contribution in [0.1, 0.15) is 91.9 Å². The van der Waals surface area contributed by atoms with Crippen LogP contribution in [0.2, 0.25) is 0 Å². The Kier molecular flexibility index (Phi) is 10.6. The largest absolute Gasteiger partial charge is 0.393 e. The summed E-state index contributed by atoms with van der Waals surface area (Å²) in [7, 11) is 0. The molecular weight excluding hydrogens is 236 g/mol. The molecule has 19 heavy (non-hydrogen) atoms. The molecule has 116 valence electrons. The number of aliphatic hydroxyl groups excluding tert-OH is 2. The molecule has 0 saturated carbocycles. The van der Waals surface area contributed by atoms with E-state index in [-0.39, 0.29) is 12.2 Å². The highest BCUT2D eigenvalue weighted by molar-refractivity contribution is 4.75. The molecular formula is C17H36O2. The van der Waals surface area contributed by atoms with Crippen LogP contribution >= 0.6 is 0 Å². The smallest absolute Gasteiger partial charge is 0.0512 e. The van der Waals surface area contributed by atoms with E-state index in [9.17, 15) is 10.2 Å². The quantitative estimate of drug-likeness (QED) is 0.507. The first-order valence-corrected chi connectivity index (χ1v) is 8.26. The van der Waals surface area contributed by atoms with Gasteiger partial charge in [-0.05, 0) is 51.4 Å². The van der Waals surface area contributed by atoms with Gasteiger partial charge in [0.25, 0.3) is 0 Å². The van der Waals surface area contributed by atoms with E-state index >= 15 is 0 Å². The maximum atomic E-state index is 9.38. The van der Waals surface area contributed by atoms with Gasteiger partial charge in [-0.3, -0.25) is 0 Å². The van der Waals surface area contributed by atoms with E-state index in [1.807, 2.05) is 13.8 Å². The summed E-state index contributed by atoms with van der Waals surface area (Å²) in [6, 6.07) is 0. The van der Waals surface area contributed by atoms with Gasteiger partial charge in [0.05, 0.1) is 12.2 Å². The first-order valence-electron chi connectivity index (χ1n) is 8.26. The molecule has 2 atom stereocenters. The Bertz CT molecular complexity index is 185. The lowest BCUT2D eigenvalue weighted by atomic mass is 9.76. The summed E-state index contributed by atoms with van der Waals surface area (Å²) in [6.45, 7) is 8.40.